The highest BCUT2D eigenvalue weighted by molar-refractivity contribution is 9.10. The monoisotopic (exact) mass is 321 g/mol. The van der Waals surface area contributed by atoms with Gasteiger partial charge in [0.15, 0.2) is 0 Å². The van der Waals surface area contributed by atoms with Crippen LogP contribution < -0.4 is 5.32 Å². The summed E-state index contributed by atoms with van der Waals surface area (Å²) in [5, 5.41) is 2.83. The van der Waals surface area contributed by atoms with E-state index in [2.05, 4.69) is 21.2 Å². The molecule has 0 aromatic heterocycles. The van der Waals surface area contributed by atoms with Crippen LogP contribution in [0.15, 0.2) is 53.0 Å². The standard InChI is InChI=1S/C15H13BrFNO/c16-13-5-3-12(4-6-13)15(19)18-10-9-11-1-7-14(17)8-2-11/h1-8H,9-10H2,(H,18,19). The Labute approximate surface area is 119 Å². The highest BCUT2D eigenvalue weighted by Crippen LogP contribution is 2.10. The molecule has 2 aromatic carbocycles. The summed E-state index contributed by atoms with van der Waals surface area (Å²) in [6, 6.07) is 13.5. The molecule has 0 bridgehead atoms. The molecule has 1 N–H and O–H groups in total. The third-order valence-electron chi connectivity index (χ3n) is 2.72. The number of carbonyl (C=O) groups excluding carboxylic acids is 1. The van der Waals surface area contributed by atoms with Crippen molar-refractivity contribution in [3.05, 3.63) is 69.9 Å². The summed E-state index contributed by atoms with van der Waals surface area (Å²) in [7, 11) is 0. The fourth-order valence-corrected chi connectivity index (χ4v) is 1.94. The van der Waals surface area contributed by atoms with Crippen LogP contribution in [-0.4, -0.2) is 12.5 Å². The first-order valence-electron chi connectivity index (χ1n) is 5.93. The Morgan fingerprint density at radius 3 is 2.32 bits per heavy atom. The van der Waals surface area contributed by atoms with E-state index in [-0.39, 0.29) is 11.7 Å². The highest BCUT2D eigenvalue weighted by Gasteiger charge is 2.04. The van der Waals surface area contributed by atoms with Gasteiger partial charge in [-0.1, -0.05) is 28.1 Å². The molecule has 2 aromatic rings. The number of carbonyl (C=O) groups is 1. The lowest BCUT2D eigenvalue weighted by molar-refractivity contribution is 0.0954. The Morgan fingerprint density at radius 2 is 1.68 bits per heavy atom. The molecule has 0 saturated heterocycles. The molecule has 2 nitrogen and oxygen atoms in total. The average molecular weight is 322 g/mol. The second-order valence-corrected chi connectivity index (χ2v) is 5.05. The van der Waals surface area contributed by atoms with Crippen LogP contribution in [0.2, 0.25) is 0 Å². The summed E-state index contributed by atoms with van der Waals surface area (Å²) < 4.78 is 13.7. The van der Waals surface area contributed by atoms with E-state index in [1.54, 1.807) is 24.3 Å². The minimum Gasteiger partial charge on any atom is -0.352 e. The molecule has 0 aliphatic carbocycles. The van der Waals surface area contributed by atoms with Crippen molar-refractivity contribution < 1.29 is 9.18 Å². The van der Waals surface area contributed by atoms with E-state index in [9.17, 15) is 9.18 Å². The van der Waals surface area contributed by atoms with E-state index >= 15 is 0 Å². The molecule has 0 spiro atoms. The van der Waals surface area contributed by atoms with Gasteiger partial charge < -0.3 is 5.32 Å². The van der Waals surface area contributed by atoms with E-state index < -0.39 is 0 Å². The fraction of sp³-hybridized carbons (Fsp3) is 0.133. The summed E-state index contributed by atoms with van der Waals surface area (Å²) in [5.74, 6) is -0.350. The first-order valence-corrected chi connectivity index (χ1v) is 6.72. The zero-order valence-electron chi connectivity index (χ0n) is 10.2. The molecule has 0 fully saturated rings. The molecule has 0 unspecified atom stereocenters. The number of rotatable bonds is 4. The minimum absolute atomic E-state index is 0.102. The van der Waals surface area contributed by atoms with E-state index in [0.717, 1.165) is 10.0 Å². The largest absolute Gasteiger partial charge is 0.352 e. The van der Waals surface area contributed by atoms with Crippen LogP contribution in [0.4, 0.5) is 4.39 Å². The third kappa shape index (κ3) is 4.17. The Bertz CT molecular complexity index is 551. The molecule has 0 radical (unpaired) electrons. The van der Waals surface area contributed by atoms with E-state index in [1.807, 2.05) is 12.1 Å². The van der Waals surface area contributed by atoms with Crippen molar-refractivity contribution in [3.63, 3.8) is 0 Å². The van der Waals surface area contributed by atoms with Crippen LogP contribution in [0, 0.1) is 5.82 Å². The topological polar surface area (TPSA) is 29.1 Å². The Hall–Kier alpha value is -1.68. The van der Waals surface area contributed by atoms with Crippen molar-refractivity contribution in [2.24, 2.45) is 0 Å². The number of hydrogen-bond donors (Lipinski definition) is 1. The zero-order chi connectivity index (χ0) is 13.7. The first-order chi connectivity index (χ1) is 9.15. The van der Waals surface area contributed by atoms with Gasteiger partial charge in [0.05, 0.1) is 0 Å². The number of amides is 1. The number of nitrogens with one attached hydrogen (secondary N) is 1. The van der Waals surface area contributed by atoms with Gasteiger partial charge in [0.1, 0.15) is 5.82 Å². The Balaban J connectivity index is 1.84. The number of hydrogen-bond acceptors (Lipinski definition) is 1. The van der Waals surface area contributed by atoms with Crippen LogP contribution in [-0.2, 0) is 6.42 Å². The van der Waals surface area contributed by atoms with Crippen LogP contribution in [0.3, 0.4) is 0 Å². The predicted molar refractivity (Wildman–Crippen MR) is 76.6 cm³/mol. The second kappa shape index (κ2) is 6.48. The molecule has 0 saturated carbocycles. The Kier molecular flexibility index (Phi) is 4.68. The zero-order valence-corrected chi connectivity index (χ0v) is 11.8. The normalized spacial score (nSPS) is 10.2. The molecule has 0 aliphatic heterocycles. The van der Waals surface area contributed by atoms with Crippen molar-refractivity contribution in [1.82, 2.24) is 5.32 Å². The van der Waals surface area contributed by atoms with Crippen molar-refractivity contribution >= 4 is 21.8 Å². The van der Waals surface area contributed by atoms with Crippen LogP contribution in [0.1, 0.15) is 15.9 Å². The van der Waals surface area contributed by atoms with Crippen molar-refractivity contribution in [2.75, 3.05) is 6.54 Å². The molecular weight excluding hydrogens is 309 g/mol. The maximum atomic E-state index is 12.7. The molecule has 98 valence electrons. The summed E-state index contributed by atoms with van der Waals surface area (Å²) >= 11 is 3.32. The lowest BCUT2D eigenvalue weighted by atomic mass is 10.1. The molecule has 2 rings (SSSR count). The quantitative estimate of drug-likeness (QED) is 0.916. The molecule has 19 heavy (non-hydrogen) atoms. The van der Waals surface area contributed by atoms with E-state index in [4.69, 9.17) is 0 Å². The van der Waals surface area contributed by atoms with E-state index in [0.29, 0.717) is 18.5 Å². The molecule has 1 amide bonds. The van der Waals surface area contributed by atoms with Crippen LogP contribution in [0.5, 0.6) is 0 Å². The summed E-state index contributed by atoms with van der Waals surface area (Å²) in [6.45, 7) is 0.528. The van der Waals surface area contributed by atoms with Gasteiger partial charge in [-0.15, -0.1) is 0 Å². The van der Waals surface area contributed by atoms with Gasteiger partial charge in [0, 0.05) is 16.6 Å². The Morgan fingerprint density at radius 1 is 1.05 bits per heavy atom. The molecule has 4 heteroatoms. The molecule has 0 aliphatic rings. The maximum Gasteiger partial charge on any atom is 0.251 e. The van der Waals surface area contributed by atoms with Crippen LogP contribution >= 0.6 is 15.9 Å². The van der Waals surface area contributed by atoms with Gasteiger partial charge in [0.25, 0.3) is 5.91 Å². The summed E-state index contributed by atoms with van der Waals surface area (Å²) in [6.07, 6.45) is 0.683. The van der Waals surface area contributed by atoms with Gasteiger partial charge >= 0.3 is 0 Å². The van der Waals surface area contributed by atoms with Gasteiger partial charge in [-0.05, 0) is 48.4 Å². The van der Waals surface area contributed by atoms with Gasteiger partial charge in [-0.25, -0.2) is 4.39 Å². The SMILES string of the molecule is O=C(NCCc1ccc(F)cc1)c1ccc(Br)cc1. The summed E-state index contributed by atoms with van der Waals surface area (Å²) in [5.41, 5.74) is 1.62. The van der Waals surface area contributed by atoms with Crippen molar-refractivity contribution in [1.29, 1.82) is 0 Å². The second-order valence-electron chi connectivity index (χ2n) is 4.14. The van der Waals surface area contributed by atoms with Crippen molar-refractivity contribution in [2.45, 2.75) is 6.42 Å². The van der Waals surface area contributed by atoms with Crippen molar-refractivity contribution in [3.8, 4) is 0 Å². The molecule has 0 heterocycles. The third-order valence-corrected chi connectivity index (χ3v) is 3.25. The van der Waals surface area contributed by atoms with Crippen LogP contribution in [0.25, 0.3) is 0 Å². The van der Waals surface area contributed by atoms with Gasteiger partial charge in [-0.2, -0.15) is 0 Å². The molecule has 0 atom stereocenters. The number of benzene rings is 2. The smallest absolute Gasteiger partial charge is 0.251 e. The van der Waals surface area contributed by atoms with E-state index in [1.165, 1.54) is 12.1 Å². The minimum atomic E-state index is -0.248. The maximum absolute atomic E-state index is 12.7. The highest BCUT2D eigenvalue weighted by atomic mass is 79.9. The number of halogens is 2. The first kappa shape index (κ1) is 13.7. The predicted octanol–water partition coefficient (Wildman–Crippen LogP) is 3.56. The molecular formula is C15H13BrFNO. The lowest BCUT2D eigenvalue weighted by Crippen LogP contribution is -2.25. The van der Waals surface area contributed by atoms with Gasteiger partial charge in [-0.3, -0.25) is 4.79 Å². The summed E-state index contributed by atoms with van der Waals surface area (Å²) in [4.78, 5) is 11.8. The average Bonchev–Trinajstić information content (AvgIpc) is 2.41. The lowest BCUT2D eigenvalue weighted by Gasteiger charge is -2.05. The van der Waals surface area contributed by atoms with Gasteiger partial charge in [0.2, 0.25) is 0 Å². The fourth-order valence-electron chi connectivity index (χ4n) is 1.67.